The van der Waals surface area contributed by atoms with Crippen LogP contribution in [0.3, 0.4) is 0 Å². The van der Waals surface area contributed by atoms with Crippen LogP contribution >= 0.6 is 11.6 Å². The molecule has 0 radical (unpaired) electrons. The van der Waals surface area contributed by atoms with Crippen LogP contribution < -0.4 is 5.32 Å². The molecule has 4 nitrogen and oxygen atoms in total. The summed E-state index contributed by atoms with van der Waals surface area (Å²) in [4.78, 5) is 19.8. The van der Waals surface area contributed by atoms with Crippen LogP contribution in [-0.4, -0.2) is 15.9 Å². The topological polar surface area (TPSA) is 54.9 Å². The second-order valence-electron chi connectivity index (χ2n) is 3.44. The van der Waals surface area contributed by atoms with Crippen LogP contribution in [0, 0.1) is 6.92 Å². The van der Waals surface area contributed by atoms with E-state index < -0.39 is 0 Å². The van der Waals surface area contributed by atoms with Gasteiger partial charge < -0.3 is 5.32 Å². The first kappa shape index (κ1) is 11.5. The van der Waals surface area contributed by atoms with Gasteiger partial charge in [0.05, 0.1) is 0 Å². The van der Waals surface area contributed by atoms with Crippen LogP contribution in [0.4, 0.5) is 5.69 Å². The van der Waals surface area contributed by atoms with Crippen molar-refractivity contribution in [3.8, 4) is 0 Å². The third-order valence-electron chi connectivity index (χ3n) is 2.07. The smallest absolute Gasteiger partial charge is 0.274 e. The number of amides is 1. The number of nitrogens with one attached hydrogen (secondary N) is 1. The third-order valence-corrected chi connectivity index (χ3v) is 2.26. The molecular formula is C12H10ClN3O. The van der Waals surface area contributed by atoms with Gasteiger partial charge in [-0.2, -0.15) is 0 Å². The number of hydrogen-bond acceptors (Lipinski definition) is 3. The minimum atomic E-state index is -0.302. The van der Waals surface area contributed by atoms with E-state index in [1.165, 1.54) is 6.07 Å². The van der Waals surface area contributed by atoms with Gasteiger partial charge in [0.15, 0.2) is 0 Å². The quantitative estimate of drug-likeness (QED) is 0.830. The van der Waals surface area contributed by atoms with Gasteiger partial charge in [-0.05, 0) is 19.1 Å². The molecule has 2 rings (SSSR count). The van der Waals surface area contributed by atoms with E-state index in [1.54, 1.807) is 19.1 Å². The summed E-state index contributed by atoms with van der Waals surface area (Å²) in [5.74, 6) is 0.166. The van der Waals surface area contributed by atoms with Gasteiger partial charge in [0.1, 0.15) is 16.7 Å². The lowest BCUT2D eigenvalue weighted by Crippen LogP contribution is -2.14. The van der Waals surface area contributed by atoms with E-state index >= 15 is 0 Å². The minimum absolute atomic E-state index is 0.256. The number of halogens is 1. The molecule has 0 saturated carbocycles. The lowest BCUT2D eigenvalue weighted by atomic mass is 10.3. The molecule has 0 aliphatic heterocycles. The van der Waals surface area contributed by atoms with Crippen molar-refractivity contribution in [2.24, 2.45) is 0 Å². The number of rotatable bonds is 2. The summed E-state index contributed by atoms with van der Waals surface area (Å²) >= 11 is 5.77. The Kier molecular flexibility index (Phi) is 3.35. The van der Waals surface area contributed by atoms with Gasteiger partial charge in [0.25, 0.3) is 5.91 Å². The summed E-state index contributed by atoms with van der Waals surface area (Å²) in [5, 5.41) is 2.98. The number of carbonyl (C=O) groups excluding carboxylic acids is 1. The van der Waals surface area contributed by atoms with Gasteiger partial charge in [-0.1, -0.05) is 29.8 Å². The van der Waals surface area contributed by atoms with Crippen molar-refractivity contribution in [1.29, 1.82) is 0 Å². The number of benzene rings is 1. The molecule has 0 saturated heterocycles. The number of aromatic nitrogens is 2. The van der Waals surface area contributed by atoms with Gasteiger partial charge >= 0.3 is 0 Å². The zero-order chi connectivity index (χ0) is 12.3. The highest BCUT2D eigenvalue weighted by molar-refractivity contribution is 6.29. The van der Waals surface area contributed by atoms with E-state index in [0.717, 1.165) is 0 Å². The van der Waals surface area contributed by atoms with Crippen molar-refractivity contribution < 1.29 is 4.79 Å². The zero-order valence-corrected chi connectivity index (χ0v) is 9.90. The highest BCUT2D eigenvalue weighted by Crippen LogP contribution is 2.10. The van der Waals surface area contributed by atoms with E-state index in [1.807, 2.05) is 18.2 Å². The highest BCUT2D eigenvalue weighted by atomic mass is 35.5. The van der Waals surface area contributed by atoms with Crippen molar-refractivity contribution >= 4 is 23.2 Å². The first-order valence-electron chi connectivity index (χ1n) is 5.03. The van der Waals surface area contributed by atoms with Gasteiger partial charge in [-0.25, -0.2) is 9.97 Å². The Labute approximate surface area is 104 Å². The SMILES string of the molecule is Cc1nc(Cl)cc(C(=O)Nc2ccccc2)n1. The molecule has 1 amide bonds. The van der Waals surface area contributed by atoms with Crippen molar-refractivity contribution in [2.45, 2.75) is 6.92 Å². The van der Waals surface area contributed by atoms with Crippen LogP contribution in [-0.2, 0) is 0 Å². The molecule has 0 aliphatic carbocycles. The normalized spacial score (nSPS) is 10.0. The molecule has 1 heterocycles. The van der Waals surface area contributed by atoms with Crippen molar-refractivity contribution in [3.63, 3.8) is 0 Å². The molecule has 1 N–H and O–H groups in total. The third kappa shape index (κ3) is 3.01. The predicted octanol–water partition coefficient (Wildman–Crippen LogP) is 2.69. The standard InChI is InChI=1S/C12H10ClN3O/c1-8-14-10(7-11(13)15-8)12(17)16-9-5-3-2-4-6-9/h2-7H,1H3,(H,16,17). The summed E-state index contributed by atoms with van der Waals surface area (Å²) in [6.45, 7) is 1.69. The van der Waals surface area contributed by atoms with Crippen molar-refractivity contribution in [1.82, 2.24) is 9.97 Å². The van der Waals surface area contributed by atoms with Crippen molar-refractivity contribution in [3.05, 3.63) is 53.1 Å². The second kappa shape index (κ2) is 4.93. The van der Waals surface area contributed by atoms with Crippen LogP contribution in [0.5, 0.6) is 0 Å². The molecule has 0 bridgehead atoms. The number of hydrogen-bond donors (Lipinski definition) is 1. The van der Waals surface area contributed by atoms with Crippen LogP contribution in [0.1, 0.15) is 16.3 Å². The minimum Gasteiger partial charge on any atom is -0.321 e. The van der Waals surface area contributed by atoms with Gasteiger partial charge in [0.2, 0.25) is 0 Å². The fourth-order valence-electron chi connectivity index (χ4n) is 1.36. The molecule has 5 heteroatoms. The summed E-state index contributed by atoms with van der Waals surface area (Å²) in [5.41, 5.74) is 0.969. The van der Waals surface area contributed by atoms with E-state index in [9.17, 15) is 4.79 Å². The molecule has 0 unspecified atom stereocenters. The van der Waals surface area contributed by atoms with E-state index in [4.69, 9.17) is 11.6 Å². The number of anilines is 1. The molecule has 0 fully saturated rings. The first-order valence-corrected chi connectivity index (χ1v) is 5.40. The fourth-order valence-corrected chi connectivity index (χ4v) is 1.59. The Balaban J connectivity index is 2.20. The monoisotopic (exact) mass is 247 g/mol. The number of para-hydroxylation sites is 1. The van der Waals surface area contributed by atoms with Crippen LogP contribution in [0.15, 0.2) is 36.4 Å². The molecule has 1 aromatic carbocycles. The summed E-state index contributed by atoms with van der Waals surface area (Å²) in [6, 6.07) is 10.6. The Morgan fingerprint density at radius 3 is 2.59 bits per heavy atom. The Bertz CT molecular complexity index is 522. The Hall–Kier alpha value is -1.94. The van der Waals surface area contributed by atoms with Gasteiger partial charge in [0, 0.05) is 11.8 Å². The second-order valence-corrected chi connectivity index (χ2v) is 3.83. The highest BCUT2D eigenvalue weighted by Gasteiger charge is 2.09. The largest absolute Gasteiger partial charge is 0.321 e. The maximum absolute atomic E-state index is 11.9. The Morgan fingerprint density at radius 2 is 1.94 bits per heavy atom. The number of nitrogens with zero attached hydrogens (tertiary/aromatic N) is 2. The predicted molar refractivity (Wildman–Crippen MR) is 66.2 cm³/mol. The molecular weight excluding hydrogens is 238 g/mol. The van der Waals surface area contributed by atoms with Gasteiger partial charge in [-0.3, -0.25) is 4.79 Å². The molecule has 86 valence electrons. The molecule has 0 atom stereocenters. The zero-order valence-electron chi connectivity index (χ0n) is 9.14. The maximum atomic E-state index is 11.9. The Morgan fingerprint density at radius 1 is 1.24 bits per heavy atom. The molecule has 2 aromatic rings. The fraction of sp³-hybridized carbons (Fsp3) is 0.0833. The number of aryl methyl sites for hydroxylation is 1. The van der Waals surface area contributed by atoms with E-state index in [-0.39, 0.29) is 16.8 Å². The summed E-state index contributed by atoms with van der Waals surface area (Å²) in [6.07, 6.45) is 0. The lowest BCUT2D eigenvalue weighted by Gasteiger charge is -2.04. The van der Waals surface area contributed by atoms with E-state index in [2.05, 4.69) is 15.3 Å². The van der Waals surface area contributed by atoms with Gasteiger partial charge in [-0.15, -0.1) is 0 Å². The molecule has 1 aromatic heterocycles. The molecule has 0 aliphatic rings. The van der Waals surface area contributed by atoms with Crippen LogP contribution in [0.2, 0.25) is 5.15 Å². The summed E-state index contributed by atoms with van der Waals surface area (Å²) < 4.78 is 0. The maximum Gasteiger partial charge on any atom is 0.274 e. The van der Waals surface area contributed by atoms with Crippen LogP contribution in [0.25, 0.3) is 0 Å². The summed E-state index contributed by atoms with van der Waals surface area (Å²) in [7, 11) is 0. The first-order chi connectivity index (χ1) is 8.15. The average molecular weight is 248 g/mol. The molecule has 0 spiro atoms. The number of carbonyl (C=O) groups is 1. The average Bonchev–Trinajstić information content (AvgIpc) is 2.29. The van der Waals surface area contributed by atoms with Crippen molar-refractivity contribution in [2.75, 3.05) is 5.32 Å². The lowest BCUT2D eigenvalue weighted by molar-refractivity contribution is 0.102. The van der Waals surface area contributed by atoms with E-state index in [0.29, 0.717) is 11.5 Å². The molecule has 17 heavy (non-hydrogen) atoms.